The van der Waals surface area contributed by atoms with E-state index in [1.54, 1.807) is 24.3 Å². The summed E-state index contributed by atoms with van der Waals surface area (Å²) in [6.07, 6.45) is 3.04. The molecule has 2 rings (SSSR count). The van der Waals surface area contributed by atoms with Crippen LogP contribution in [0.2, 0.25) is 0 Å². The minimum absolute atomic E-state index is 0.0785. The second-order valence-electron chi connectivity index (χ2n) is 7.41. The number of para-hydroxylation sites is 2. The van der Waals surface area contributed by atoms with Crippen LogP contribution in [0, 0.1) is 0 Å². The zero-order valence-electron chi connectivity index (χ0n) is 17.3. The van der Waals surface area contributed by atoms with Crippen LogP contribution in [0.4, 0.5) is 0 Å². The van der Waals surface area contributed by atoms with Crippen LogP contribution in [0.5, 0.6) is 11.5 Å². The van der Waals surface area contributed by atoms with E-state index in [1.165, 1.54) is 11.6 Å². The van der Waals surface area contributed by atoms with Gasteiger partial charge in [-0.3, -0.25) is 20.4 Å². The highest BCUT2D eigenvalue weighted by Crippen LogP contribution is 2.26. The van der Waals surface area contributed by atoms with Crippen molar-refractivity contribution < 1.29 is 19.1 Å². The van der Waals surface area contributed by atoms with Crippen LogP contribution in [0.15, 0.2) is 54.6 Å². The summed E-state index contributed by atoms with van der Waals surface area (Å²) in [5.41, 5.74) is 6.84. The molecule has 29 heavy (non-hydrogen) atoms. The quantitative estimate of drug-likeness (QED) is 0.554. The first-order chi connectivity index (χ1) is 13.8. The predicted octanol–water partition coefficient (Wildman–Crippen LogP) is 3.62. The maximum Gasteiger partial charge on any atom is 0.276 e. The molecule has 0 aliphatic carbocycles. The number of hydrogen-bond donors (Lipinski definition) is 2. The zero-order valence-corrected chi connectivity index (χ0v) is 17.3. The van der Waals surface area contributed by atoms with Gasteiger partial charge in [-0.2, -0.15) is 0 Å². The van der Waals surface area contributed by atoms with Crippen LogP contribution in [0.1, 0.15) is 38.8 Å². The van der Waals surface area contributed by atoms with E-state index in [2.05, 4.69) is 31.6 Å². The van der Waals surface area contributed by atoms with Crippen LogP contribution in [0.3, 0.4) is 0 Å². The summed E-state index contributed by atoms with van der Waals surface area (Å²) in [5, 5.41) is 0. The predicted molar refractivity (Wildman–Crippen MR) is 114 cm³/mol. The van der Waals surface area contributed by atoms with Crippen molar-refractivity contribution in [2.75, 3.05) is 13.2 Å². The fraction of sp³-hybridized carbons (Fsp3) is 0.304. The minimum atomic E-state index is -0.479. The maximum atomic E-state index is 11.9. The average Bonchev–Trinajstić information content (AvgIpc) is 2.70. The van der Waals surface area contributed by atoms with Crippen LogP contribution in [-0.2, 0) is 15.0 Å². The molecule has 6 nitrogen and oxygen atoms in total. The van der Waals surface area contributed by atoms with E-state index in [4.69, 9.17) is 9.47 Å². The fourth-order valence-corrected chi connectivity index (χ4v) is 2.46. The number of carbonyl (C=O) groups is 2. The Morgan fingerprint density at radius 2 is 1.55 bits per heavy atom. The summed E-state index contributed by atoms with van der Waals surface area (Å²) in [6.45, 7) is 8.55. The third kappa shape index (κ3) is 7.33. The van der Waals surface area contributed by atoms with E-state index in [9.17, 15) is 9.59 Å². The molecule has 0 aromatic heterocycles. The van der Waals surface area contributed by atoms with E-state index in [0.29, 0.717) is 18.1 Å². The lowest BCUT2D eigenvalue weighted by molar-refractivity contribution is -0.128. The molecule has 0 heterocycles. The molecule has 0 bridgehead atoms. The van der Waals surface area contributed by atoms with Crippen LogP contribution in [0.25, 0.3) is 6.08 Å². The number of rotatable bonds is 7. The summed E-state index contributed by atoms with van der Waals surface area (Å²) in [4.78, 5) is 23.8. The monoisotopic (exact) mass is 396 g/mol. The van der Waals surface area contributed by atoms with Gasteiger partial charge in [0.1, 0.15) is 0 Å². The molecule has 0 fully saturated rings. The lowest BCUT2D eigenvalue weighted by Gasteiger charge is -2.18. The van der Waals surface area contributed by atoms with Gasteiger partial charge in [0.15, 0.2) is 18.1 Å². The van der Waals surface area contributed by atoms with Gasteiger partial charge in [0.25, 0.3) is 11.8 Å². The molecule has 0 saturated heterocycles. The summed E-state index contributed by atoms with van der Waals surface area (Å²) in [7, 11) is 0. The zero-order chi connectivity index (χ0) is 21.3. The Morgan fingerprint density at radius 3 is 2.14 bits per heavy atom. The Labute approximate surface area is 171 Å². The highest BCUT2D eigenvalue weighted by molar-refractivity contribution is 5.93. The van der Waals surface area contributed by atoms with E-state index in [0.717, 1.165) is 5.56 Å². The molecule has 0 unspecified atom stereocenters. The van der Waals surface area contributed by atoms with Crippen molar-refractivity contribution in [3.05, 3.63) is 65.7 Å². The fourth-order valence-electron chi connectivity index (χ4n) is 2.46. The van der Waals surface area contributed by atoms with Crippen molar-refractivity contribution in [3.8, 4) is 11.5 Å². The number of benzene rings is 2. The van der Waals surface area contributed by atoms with E-state index >= 15 is 0 Å². The first-order valence-corrected chi connectivity index (χ1v) is 9.51. The summed E-state index contributed by atoms with van der Waals surface area (Å²) in [5.74, 6) is 0.113. The molecule has 154 valence electrons. The van der Waals surface area contributed by atoms with Gasteiger partial charge < -0.3 is 9.47 Å². The Morgan fingerprint density at radius 1 is 0.931 bits per heavy atom. The Balaban J connectivity index is 1.78. The van der Waals surface area contributed by atoms with Crippen LogP contribution in [-0.4, -0.2) is 25.0 Å². The van der Waals surface area contributed by atoms with Crippen molar-refractivity contribution in [1.29, 1.82) is 0 Å². The SMILES string of the molecule is CCOc1ccccc1OCC(=O)NNC(=O)/C=C/c1ccc(C(C)(C)C)cc1. The number of hydrazine groups is 1. The first kappa shape index (κ1) is 22.0. The molecule has 2 N–H and O–H groups in total. The lowest BCUT2D eigenvalue weighted by atomic mass is 9.87. The van der Waals surface area contributed by atoms with Gasteiger partial charge in [0, 0.05) is 6.08 Å². The van der Waals surface area contributed by atoms with E-state index < -0.39 is 11.8 Å². The molecule has 2 amide bonds. The standard InChI is InChI=1S/C23H28N2O4/c1-5-28-19-8-6-7-9-20(19)29-16-22(27)25-24-21(26)15-12-17-10-13-18(14-11-17)23(2,3)4/h6-15H,5,16H2,1-4H3,(H,24,26)(H,25,27)/b15-12+. The van der Waals surface area contributed by atoms with Crippen LogP contribution >= 0.6 is 0 Å². The largest absolute Gasteiger partial charge is 0.490 e. The number of ether oxygens (including phenoxy) is 2. The molecule has 6 heteroatoms. The summed E-state index contributed by atoms with van der Waals surface area (Å²) in [6, 6.07) is 15.1. The number of carbonyl (C=O) groups excluding carboxylic acids is 2. The molecule has 2 aromatic carbocycles. The third-order valence-corrected chi connectivity index (χ3v) is 4.04. The van der Waals surface area contributed by atoms with Crippen molar-refractivity contribution in [2.24, 2.45) is 0 Å². The van der Waals surface area contributed by atoms with Crippen molar-refractivity contribution in [1.82, 2.24) is 10.9 Å². The topological polar surface area (TPSA) is 76.7 Å². The van der Waals surface area contributed by atoms with Gasteiger partial charge in [-0.05, 0) is 41.7 Å². The third-order valence-electron chi connectivity index (χ3n) is 4.04. The number of nitrogens with one attached hydrogen (secondary N) is 2. The Bertz CT molecular complexity index is 852. The first-order valence-electron chi connectivity index (χ1n) is 9.51. The van der Waals surface area contributed by atoms with Gasteiger partial charge in [-0.25, -0.2) is 0 Å². The molecule has 2 aromatic rings. The Kier molecular flexibility index (Phi) is 7.83. The second-order valence-corrected chi connectivity index (χ2v) is 7.41. The molecule has 0 aliphatic rings. The average molecular weight is 396 g/mol. The normalized spacial score (nSPS) is 11.2. The molecule has 0 radical (unpaired) electrons. The van der Waals surface area contributed by atoms with E-state index in [1.807, 2.05) is 37.3 Å². The highest BCUT2D eigenvalue weighted by atomic mass is 16.5. The van der Waals surface area contributed by atoms with Crippen molar-refractivity contribution in [3.63, 3.8) is 0 Å². The van der Waals surface area contributed by atoms with Crippen molar-refractivity contribution in [2.45, 2.75) is 33.1 Å². The van der Waals surface area contributed by atoms with Gasteiger partial charge in [-0.15, -0.1) is 0 Å². The molecular formula is C23H28N2O4. The summed E-state index contributed by atoms with van der Waals surface area (Å²) < 4.78 is 10.9. The smallest absolute Gasteiger partial charge is 0.276 e. The van der Waals surface area contributed by atoms with Crippen LogP contribution < -0.4 is 20.3 Å². The minimum Gasteiger partial charge on any atom is -0.490 e. The van der Waals surface area contributed by atoms with E-state index in [-0.39, 0.29) is 12.0 Å². The maximum absolute atomic E-state index is 11.9. The summed E-state index contributed by atoms with van der Waals surface area (Å²) >= 11 is 0. The van der Waals surface area contributed by atoms with Gasteiger partial charge in [0.05, 0.1) is 6.61 Å². The van der Waals surface area contributed by atoms with Gasteiger partial charge >= 0.3 is 0 Å². The number of hydrogen-bond acceptors (Lipinski definition) is 4. The molecule has 0 atom stereocenters. The number of amides is 2. The second kappa shape index (κ2) is 10.3. The molecule has 0 saturated carbocycles. The molecular weight excluding hydrogens is 368 g/mol. The lowest BCUT2D eigenvalue weighted by Crippen LogP contribution is -2.43. The van der Waals surface area contributed by atoms with Crippen molar-refractivity contribution >= 4 is 17.9 Å². The Hall–Kier alpha value is -3.28. The van der Waals surface area contributed by atoms with Gasteiger partial charge in [0.2, 0.25) is 0 Å². The van der Waals surface area contributed by atoms with Gasteiger partial charge in [-0.1, -0.05) is 57.2 Å². The molecule has 0 spiro atoms. The molecule has 0 aliphatic heterocycles. The highest BCUT2D eigenvalue weighted by Gasteiger charge is 2.12.